The molecule has 5 heteroatoms. The van der Waals surface area contributed by atoms with Crippen molar-refractivity contribution in [2.75, 3.05) is 13.1 Å². The highest BCUT2D eigenvalue weighted by molar-refractivity contribution is 5.99. The second-order valence-electron chi connectivity index (χ2n) is 7.53. The zero-order chi connectivity index (χ0) is 18.9. The van der Waals surface area contributed by atoms with Crippen molar-refractivity contribution in [3.05, 3.63) is 71.4 Å². The standard InChI is InChI=1S/C23H23N3O2/c27-23-19-6-1-7-22(20(19)14-26(23)18-5-3-10-24-13-18)28-15-16-8-9-21-17(12-16)4-2-11-25-21/h1-2,4,6-9,11-12,18,24H,3,5,10,13-15H2. The van der Waals surface area contributed by atoms with Crippen LogP contribution in [0, 0.1) is 0 Å². The number of amides is 1. The Balaban J connectivity index is 1.35. The first-order valence-electron chi connectivity index (χ1n) is 9.89. The van der Waals surface area contributed by atoms with Crippen LogP contribution in [0.2, 0.25) is 0 Å². The first kappa shape index (κ1) is 17.2. The monoisotopic (exact) mass is 373 g/mol. The molecule has 0 spiro atoms. The molecule has 5 nitrogen and oxygen atoms in total. The van der Waals surface area contributed by atoms with Crippen molar-refractivity contribution in [3.8, 4) is 5.75 Å². The molecule has 28 heavy (non-hydrogen) atoms. The minimum absolute atomic E-state index is 0.130. The fourth-order valence-corrected chi connectivity index (χ4v) is 4.23. The molecule has 2 aromatic carbocycles. The Morgan fingerprint density at radius 3 is 3.04 bits per heavy atom. The van der Waals surface area contributed by atoms with E-state index >= 15 is 0 Å². The van der Waals surface area contributed by atoms with E-state index < -0.39 is 0 Å². The smallest absolute Gasteiger partial charge is 0.254 e. The number of pyridine rings is 1. The number of benzene rings is 2. The van der Waals surface area contributed by atoms with E-state index in [0.29, 0.717) is 13.2 Å². The zero-order valence-corrected chi connectivity index (χ0v) is 15.7. The van der Waals surface area contributed by atoms with Crippen molar-refractivity contribution >= 4 is 16.8 Å². The van der Waals surface area contributed by atoms with Crippen LogP contribution >= 0.6 is 0 Å². The van der Waals surface area contributed by atoms with Crippen LogP contribution in [0.5, 0.6) is 5.75 Å². The number of carbonyl (C=O) groups excluding carboxylic acids is 1. The van der Waals surface area contributed by atoms with E-state index in [1.54, 1.807) is 6.20 Å². The number of piperidine rings is 1. The third-order valence-corrected chi connectivity index (χ3v) is 5.73. The molecule has 1 aromatic heterocycles. The Labute approximate surface area is 164 Å². The molecule has 3 heterocycles. The third kappa shape index (κ3) is 3.12. The van der Waals surface area contributed by atoms with E-state index in [0.717, 1.165) is 59.3 Å². The van der Waals surface area contributed by atoms with Crippen LogP contribution < -0.4 is 10.1 Å². The number of hydrogen-bond acceptors (Lipinski definition) is 4. The lowest BCUT2D eigenvalue weighted by atomic mass is 10.1. The largest absolute Gasteiger partial charge is 0.489 e. The average Bonchev–Trinajstić information content (AvgIpc) is 3.10. The minimum atomic E-state index is 0.130. The van der Waals surface area contributed by atoms with Crippen LogP contribution in [0.15, 0.2) is 54.7 Å². The molecule has 0 bridgehead atoms. The number of nitrogens with zero attached hydrogens (tertiary/aromatic N) is 2. The van der Waals surface area contributed by atoms with E-state index in [4.69, 9.17) is 4.74 Å². The Morgan fingerprint density at radius 2 is 2.14 bits per heavy atom. The van der Waals surface area contributed by atoms with E-state index in [9.17, 15) is 4.79 Å². The second kappa shape index (κ2) is 7.24. The summed E-state index contributed by atoms with van der Waals surface area (Å²) in [5.74, 6) is 0.939. The van der Waals surface area contributed by atoms with Crippen LogP contribution in [-0.2, 0) is 13.2 Å². The van der Waals surface area contributed by atoms with Crippen molar-refractivity contribution in [2.24, 2.45) is 0 Å². The van der Waals surface area contributed by atoms with Crippen LogP contribution in [0.25, 0.3) is 10.9 Å². The molecule has 2 aliphatic heterocycles. The van der Waals surface area contributed by atoms with Gasteiger partial charge in [-0.1, -0.05) is 18.2 Å². The molecule has 1 fully saturated rings. The zero-order valence-electron chi connectivity index (χ0n) is 15.7. The average molecular weight is 373 g/mol. The topological polar surface area (TPSA) is 54.5 Å². The highest BCUT2D eigenvalue weighted by Crippen LogP contribution is 2.33. The lowest BCUT2D eigenvalue weighted by molar-refractivity contribution is 0.0674. The first-order valence-corrected chi connectivity index (χ1v) is 9.89. The fraction of sp³-hybridized carbons (Fsp3) is 0.304. The molecule has 0 radical (unpaired) electrons. The van der Waals surface area contributed by atoms with Crippen molar-refractivity contribution in [1.82, 2.24) is 15.2 Å². The number of nitrogens with one attached hydrogen (secondary N) is 1. The van der Waals surface area contributed by atoms with Crippen molar-refractivity contribution in [3.63, 3.8) is 0 Å². The number of ether oxygens (including phenoxy) is 1. The number of aromatic nitrogens is 1. The summed E-state index contributed by atoms with van der Waals surface area (Å²) >= 11 is 0. The van der Waals surface area contributed by atoms with Gasteiger partial charge in [-0.15, -0.1) is 0 Å². The quantitative estimate of drug-likeness (QED) is 0.760. The molecule has 1 N–H and O–H groups in total. The van der Waals surface area contributed by atoms with Crippen molar-refractivity contribution < 1.29 is 9.53 Å². The predicted octanol–water partition coefficient (Wildman–Crippen LogP) is 3.52. The maximum Gasteiger partial charge on any atom is 0.254 e. The van der Waals surface area contributed by atoms with E-state index in [-0.39, 0.29) is 11.9 Å². The van der Waals surface area contributed by atoms with Gasteiger partial charge in [0.15, 0.2) is 0 Å². The molecular weight excluding hydrogens is 350 g/mol. The molecule has 142 valence electrons. The molecule has 1 amide bonds. The van der Waals surface area contributed by atoms with Gasteiger partial charge >= 0.3 is 0 Å². The van der Waals surface area contributed by atoms with Crippen LogP contribution in [0.4, 0.5) is 0 Å². The summed E-state index contributed by atoms with van der Waals surface area (Å²) in [6.45, 7) is 3.03. The van der Waals surface area contributed by atoms with Crippen molar-refractivity contribution in [1.29, 1.82) is 0 Å². The second-order valence-corrected chi connectivity index (χ2v) is 7.53. The summed E-state index contributed by atoms with van der Waals surface area (Å²) in [6, 6.07) is 16.2. The lowest BCUT2D eigenvalue weighted by Gasteiger charge is -2.31. The summed E-state index contributed by atoms with van der Waals surface area (Å²) in [4.78, 5) is 19.3. The molecule has 1 saturated heterocycles. The van der Waals surface area contributed by atoms with Crippen LogP contribution in [-0.4, -0.2) is 34.9 Å². The maximum atomic E-state index is 12.9. The summed E-state index contributed by atoms with van der Waals surface area (Å²) in [5.41, 5.74) is 3.87. The van der Waals surface area contributed by atoms with Gasteiger partial charge in [-0.3, -0.25) is 9.78 Å². The van der Waals surface area contributed by atoms with E-state index in [1.165, 1.54) is 0 Å². The van der Waals surface area contributed by atoms with Gasteiger partial charge in [-0.2, -0.15) is 0 Å². The van der Waals surface area contributed by atoms with Crippen molar-refractivity contribution in [2.45, 2.75) is 32.0 Å². The molecule has 0 aliphatic carbocycles. The van der Waals surface area contributed by atoms with Gasteiger partial charge in [-0.25, -0.2) is 0 Å². The molecule has 1 unspecified atom stereocenters. The molecule has 5 rings (SSSR count). The Kier molecular flexibility index (Phi) is 4.45. The first-order chi connectivity index (χ1) is 13.8. The van der Waals surface area contributed by atoms with E-state index in [2.05, 4.69) is 22.4 Å². The van der Waals surface area contributed by atoms with Crippen LogP contribution in [0.3, 0.4) is 0 Å². The van der Waals surface area contributed by atoms with Gasteiger partial charge in [0.2, 0.25) is 0 Å². The van der Waals surface area contributed by atoms with Gasteiger partial charge in [0.25, 0.3) is 5.91 Å². The van der Waals surface area contributed by atoms with Gasteiger partial charge in [0.05, 0.1) is 12.1 Å². The molecule has 0 saturated carbocycles. The highest BCUT2D eigenvalue weighted by Gasteiger charge is 2.34. The molecule has 2 aliphatic rings. The highest BCUT2D eigenvalue weighted by atomic mass is 16.5. The van der Waals surface area contributed by atoms with Gasteiger partial charge < -0.3 is 15.0 Å². The predicted molar refractivity (Wildman–Crippen MR) is 108 cm³/mol. The number of carbonyl (C=O) groups is 1. The van der Waals surface area contributed by atoms with Gasteiger partial charge in [0.1, 0.15) is 12.4 Å². The molecular formula is C23H23N3O2. The summed E-state index contributed by atoms with van der Waals surface area (Å²) < 4.78 is 6.15. The summed E-state index contributed by atoms with van der Waals surface area (Å²) in [6.07, 6.45) is 3.98. The lowest BCUT2D eigenvalue weighted by Crippen LogP contribution is -2.46. The Bertz CT molecular complexity index is 1030. The fourth-order valence-electron chi connectivity index (χ4n) is 4.23. The third-order valence-electron chi connectivity index (χ3n) is 5.73. The normalized spacial score (nSPS) is 19.1. The Hall–Kier alpha value is -2.92. The Morgan fingerprint density at radius 1 is 1.18 bits per heavy atom. The number of rotatable bonds is 4. The molecule has 3 aromatic rings. The maximum absolute atomic E-state index is 12.9. The SMILES string of the molecule is O=C1c2cccc(OCc3ccc4ncccc4c3)c2CN1C1CCCNC1. The van der Waals surface area contributed by atoms with Gasteiger partial charge in [0, 0.05) is 35.3 Å². The minimum Gasteiger partial charge on any atom is -0.489 e. The number of hydrogen-bond donors (Lipinski definition) is 1. The number of fused-ring (bicyclic) bond motifs is 2. The molecule has 1 atom stereocenters. The summed E-state index contributed by atoms with van der Waals surface area (Å²) in [7, 11) is 0. The summed E-state index contributed by atoms with van der Waals surface area (Å²) in [5, 5.41) is 4.51. The van der Waals surface area contributed by atoms with Crippen LogP contribution in [0.1, 0.15) is 34.3 Å². The van der Waals surface area contributed by atoms with Gasteiger partial charge in [-0.05, 0) is 55.3 Å². The van der Waals surface area contributed by atoms with E-state index in [1.807, 2.05) is 41.3 Å².